The van der Waals surface area contributed by atoms with Crippen LogP contribution in [0.4, 0.5) is 0 Å². The van der Waals surface area contributed by atoms with Crippen molar-refractivity contribution in [2.45, 2.75) is 32.5 Å². The fourth-order valence-electron chi connectivity index (χ4n) is 2.04. The van der Waals surface area contributed by atoms with Gasteiger partial charge in [0.15, 0.2) is 6.21 Å². The first-order valence-corrected chi connectivity index (χ1v) is 7.30. The van der Waals surface area contributed by atoms with Crippen LogP contribution in [-0.2, 0) is 13.6 Å². The first-order chi connectivity index (χ1) is 7.96. The summed E-state index contributed by atoms with van der Waals surface area (Å²) in [5.41, 5.74) is 0. The zero-order chi connectivity index (χ0) is 13.1. The van der Waals surface area contributed by atoms with Crippen molar-refractivity contribution < 1.29 is 23.5 Å². The highest BCUT2D eigenvalue weighted by molar-refractivity contribution is 7.55. The third-order valence-corrected chi connectivity index (χ3v) is 6.02. The Bertz CT molecular complexity index is 336. The topological polar surface area (TPSA) is 81.8 Å². The Morgan fingerprint density at radius 1 is 1.53 bits per heavy atom. The maximum Gasteiger partial charge on any atom is 0.402 e. The fourth-order valence-corrected chi connectivity index (χ4v) is 4.28. The molecule has 1 heterocycles. The molecule has 2 atom stereocenters. The highest BCUT2D eigenvalue weighted by Gasteiger charge is 2.62. The van der Waals surface area contributed by atoms with Gasteiger partial charge >= 0.3 is 7.60 Å². The van der Waals surface area contributed by atoms with E-state index in [1.54, 1.807) is 13.8 Å². The summed E-state index contributed by atoms with van der Waals surface area (Å²) in [5.74, 6) is -0.441. The Hall–Kier alpha value is -0.420. The molecule has 0 saturated heterocycles. The van der Waals surface area contributed by atoms with Gasteiger partial charge in [0.25, 0.3) is 5.28 Å². The second kappa shape index (κ2) is 5.48. The van der Waals surface area contributed by atoms with Crippen LogP contribution in [0, 0.1) is 11.1 Å². The second-order valence-corrected chi connectivity index (χ2v) is 6.47. The van der Waals surface area contributed by atoms with E-state index in [2.05, 4.69) is 0 Å². The third kappa shape index (κ3) is 2.27. The fraction of sp³-hybridized carbons (Fsp3) is 0.900. The van der Waals surface area contributed by atoms with Crippen LogP contribution in [0.15, 0.2) is 0 Å². The van der Waals surface area contributed by atoms with Crippen LogP contribution in [0.5, 0.6) is 0 Å². The molecule has 0 unspecified atom stereocenters. The van der Waals surface area contributed by atoms with E-state index in [9.17, 15) is 14.9 Å². The normalized spacial score (nSPS) is 29.4. The molecule has 17 heavy (non-hydrogen) atoms. The molecule has 0 radical (unpaired) electrons. The summed E-state index contributed by atoms with van der Waals surface area (Å²) in [6.45, 7) is 5.07. The minimum Gasteiger partial charge on any atom is -0.623 e. The van der Waals surface area contributed by atoms with Crippen molar-refractivity contribution in [3.8, 4) is 0 Å². The van der Waals surface area contributed by atoms with Crippen LogP contribution < -0.4 is 0 Å². The SMILES string of the molecule is CCOP(=O)(OCC)[C@]1(C)[C@@H](CO)CC=[N+]1[O-]. The molecule has 6 nitrogen and oxygen atoms in total. The molecule has 0 fully saturated rings. The molecule has 1 aliphatic rings. The Morgan fingerprint density at radius 2 is 2.06 bits per heavy atom. The molecule has 0 aliphatic carbocycles. The summed E-state index contributed by atoms with van der Waals surface area (Å²) in [7, 11) is -3.59. The molecule has 1 rings (SSSR count). The quantitative estimate of drug-likeness (QED) is 0.447. The number of aliphatic hydroxyl groups is 1. The molecule has 0 aromatic heterocycles. The van der Waals surface area contributed by atoms with E-state index in [1.807, 2.05) is 0 Å². The van der Waals surface area contributed by atoms with E-state index in [-0.39, 0.29) is 19.8 Å². The summed E-state index contributed by atoms with van der Waals surface area (Å²) < 4.78 is 23.8. The van der Waals surface area contributed by atoms with Crippen LogP contribution in [0.3, 0.4) is 0 Å². The molecule has 0 aromatic rings. The van der Waals surface area contributed by atoms with Gasteiger partial charge in [-0.15, -0.1) is 0 Å². The molecule has 0 bridgehead atoms. The number of rotatable bonds is 6. The lowest BCUT2D eigenvalue weighted by Crippen LogP contribution is -2.41. The lowest BCUT2D eigenvalue weighted by molar-refractivity contribution is -0.515. The van der Waals surface area contributed by atoms with Gasteiger partial charge in [-0.2, -0.15) is 4.74 Å². The van der Waals surface area contributed by atoms with Gasteiger partial charge in [0, 0.05) is 13.3 Å². The Labute approximate surface area is 101 Å². The van der Waals surface area contributed by atoms with Crippen LogP contribution >= 0.6 is 7.60 Å². The Kier molecular flexibility index (Phi) is 4.72. The first kappa shape index (κ1) is 14.6. The molecule has 1 N–H and O–H groups in total. The zero-order valence-electron chi connectivity index (χ0n) is 10.5. The van der Waals surface area contributed by atoms with Crippen molar-refractivity contribution in [1.29, 1.82) is 0 Å². The van der Waals surface area contributed by atoms with E-state index in [1.165, 1.54) is 13.1 Å². The van der Waals surface area contributed by atoms with Gasteiger partial charge < -0.3 is 19.4 Å². The molecular formula is C10H20NO5P. The zero-order valence-corrected chi connectivity index (χ0v) is 11.4. The van der Waals surface area contributed by atoms with Crippen LogP contribution in [0.2, 0.25) is 0 Å². The van der Waals surface area contributed by atoms with Crippen LogP contribution in [-0.4, -0.2) is 41.2 Å². The molecule has 0 aromatic carbocycles. The first-order valence-electron chi connectivity index (χ1n) is 5.76. The lowest BCUT2D eigenvalue weighted by atomic mass is 10.0. The monoisotopic (exact) mass is 265 g/mol. The van der Waals surface area contributed by atoms with Gasteiger partial charge in [0.05, 0.1) is 25.7 Å². The summed E-state index contributed by atoms with van der Waals surface area (Å²) in [4.78, 5) is 0. The Morgan fingerprint density at radius 3 is 2.47 bits per heavy atom. The van der Waals surface area contributed by atoms with Gasteiger partial charge in [-0.05, 0) is 13.8 Å². The van der Waals surface area contributed by atoms with E-state index in [0.717, 1.165) is 0 Å². The van der Waals surface area contributed by atoms with Gasteiger partial charge in [-0.1, -0.05) is 0 Å². The van der Waals surface area contributed by atoms with Crippen molar-refractivity contribution >= 4 is 13.8 Å². The minimum atomic E-state index is -3.59. The van der Waals surface area contributed by atoms with Crippen LogP contribution in [0.25, 0.3) is 0 Å². The van der Waals surface area contributed by atoms with Crippen molar-refractivity contribution in [2.24, 2.45) is 5.92 Å². The number of aliphatic hydroxyl groups excluding tert-OH is 1. The summed E-state index contributed by atoms with van der Waals surface area (Å²) >= 11 is 0. The molecular weight excluding hydrogens is 245 g/mol. The average Bonchev–Trinajstić information content (AvgIpc) is 2.57. The standard InChI is InChI=1S/C10H20NO5P/c1-4-15-17(14,16-5-2)10(3)9(8-12)6-7-11(10)13/h7,9,12H,4-6,8H2,1-3H3/t9-,10-/m1/s1. The van der Waals surface area contributed by atoms with E-state index >= 15 is 0 Å². The maximum atomic E-state index is 12.7. The molecule has 0 amide bonds. The predicted molar refractivity (Wildman–Crippen MR) is 64.1 cm³/mol. The molecule has 0 spiro atoms. The molecule has 1 aliphatic heterocycles. The van der Waals surface area contributed by atoms with Gasteiger partial charge in [-0.3, -0.25) is 4.57 Å². The van der Waals surface area contributed by atoms with E-state index in [4.69, 9.17) is 9.05 Å². The lowest BCUT2D eigenvalue weighted by Gasteiger charge is -2.34. The number of nitrogens with zero attached hydrogens (tertiary/aromatic N) is 1. The maximum absolute atomic E-state index is 12.7. The Balaban J connectivity index is 3.14. The molecule has 100 valence electrons. The molecule has 7 heteroatoms. The van der Waals surface area contributed by atoms with Crippen molar-refractivity contribution in [3.05, 3.63) is 5.21 Å². The largest absolute Gasteiger partial charge is 0.623 e. The van der Waals surface area contributed by atoms with Gasteiger partial charge in [0.1, 0.15) is 0 Å². The van der Waals surface area contributed by atoms with Gasteiger partial charge in [-0.25, -0.2) is 0 Å². The number of hydroxylamine groups is 1. The third-order valence-electron chi connectivity index (χ3n) is 3.15. The van der Waals surface area contributed by atoms with Crippen LogP contribution in [0.1, 0.15) is 27.2 Å². The highest BCUT2D eigenvalue weighted by atomic mass is 31.2. The van der Waals surface area contributed by atoms with Crippen molar-refractivity contribution in [2.75, 3.05) is 19.8 Å². The van der Waals surface area contributed by atoms with Crippen molar-refractivity contribution in [1.82, 2.24) is 0 Å². The average molecular weight is 265 g/mol. The highest BCUT2D eigenvalue weighted by Crippen LogP contribution is 2.64. The second-order valence-electron chi connectivity index (χ2n) is 4.05. The smallest absolute Gasteiger partial charge is 0.402 e. The summed E-state index contributed by atoms with van der Waals surface area (Å²) in [5, 5.41) is 19.8. The van der Waals surface area contributed by atoms with E-state index < -0.39 is 18.8 Å². The number of hydrogen-bond acceptors (Lipinski definition) is 5. The minimum absolute atomic E-state index is 0.193. The predicted octanol–water partition coefficient (Wildman–Crippen LogP) is 1.56. The molecule has 0 saturated carbocycles. The van der Waals surface area contributed by atoms with Crippen molar-refractivity contribution in [3.63, 3.8) is 0 Å². The van der Waals surface area contributed by atoms with E-state index in [0.29, 0.717) is 11.2 Å². The summed E-state index contributed by atoms with van der Waals surface area (Å²) in [6.07, 6.45) is 1.76. The number of hydrogen-bond donors (Lipinski definition) is 1. The van der Waals surface area contributed by atoms with Gasteiger partial charge in [0.2, 0.25) is 0 Å². The summed E-state index contributed by atoms with van der Waals surface area (Å²) in [6, 6.07) is 0.